The van der Waals surface area contributed by atoms with E-state index in [1.165, 1.54) is 19.4 Å². The molecule has 6 rings (SSSR count). The highest BCUT2D eigenvalue weighted by atomic mass is 32.7. The molecule has 17 nitrogen and oxygen atoms in total. The van der Waals surface area contributed by atoms with Crippen molar-refractivity contribution >= 4 is 59.9 Å². The number of aromatic amines is 1. The van der Waals surface area contributed by atoms with Crippen LogP contribution in [0.1, 0.15) is 17.9 Å². The number of ether oxygens (including phenoxy) is 1. The van der Waals surface area contributed by atoms with Crippen LogP contribution in [0.5, 0.6) is 0 Å². The van der Waals surface area contributed by atoms with Gasteiger partial charge in [-0.15, -0.1) is 5.10 Å². The van der Waals surface area contributed by atoms with Crippen molar-refractivity contribution in [3.8, 4) is 0 Å². The average Bonchev–Trinajstić information content (AvgIpc) is 3.55. The van der Waals surface area contributed by atoms with E-state index < -0.39 is 50.3 Å². The molecule has 1 saturated heterocycles. The van der Waals surface area contributed by atoms with Crippen LogP contribution < -0.4 is 5.56 Å². The minimum Gasteiger partial charge on any atom is -0.345 e. The normalized spacial score (nSPS) is 32.1. The van der Waals surface area contributed by atoms with Crippen LogP contribution in [0.4, 0.5) is 4.39 Å². The minimum absolute atomic E-state index is 0.0385. The highest BCUT2D eigenvalue weighted by molar-refractivity contribution is 8.44. The summed E-state index contributed by atoms with van der Waals surface area (Å²) in [5, 5.41) is 7.70. The summed E-state index contributed by atoms with van der Waals surface area (Å²) >= 11 is 9.13. The Morgan fingerprint density at radius 2 is 2.10 bits per heavy atom. The number of fused-ring (bicyclic) bond motifs is 6. The molecule has 0 spiro atoms. The standard InChI is InChI=1S/C18H20FN9O8P2S2/c1-8-22-16-13(17(29)23-8)25-26-28(16)18-14-12(19)10(35-18)5-33-37(30,39)32-3-2-27-11(6-34-38(31,40)36-14)24-9-4-20-7-21-15(9)27/h4,7,10,12,14,18H,2-3,5-6H2,1H3,(H,30,39)(H,31,40)(H,22,23,29)/t10-,12-,14-,18-,37?,38?/m1/s1. The Bertz CT molecular complexity index is 1750. The fourth-order valence-electron chi connectivity index (χ4n) is 4.31. The second kappa shape index (κ2) is 10.5. The lowest BCUT2D eigenvalue weighted by Gasteiger charge is -2.23. The van der Waals surface area contributed by atoms with E-state index in [9.17, 15) is 14.3 Å². The van der Waals surface area contributed by atoms with Crippen LogP contribution in [-0.4, -0.2) is 81.0 Å². The van der Waals surface area contributed by atoms with Crippen molar-refractivity contribution in [3.05, 3.63) is 34.5 Å². The van der Waals surface area contributed by atoms with Crippen molar-refractivity contribution < 1.29 is 36.7 Å². The van der Waals surface area contributed by atoms with E-state index in [0.717, 1.165) is 4.68 Å². The topological polar surface area (TPSA) is 204 Å². The Kier molecular flexibility index (Phi) is 7.35. The zero-order valence-corrected chi connectivity index (χ0v) is 23.8. The number of thiol groups is 1. The SMILES string of the molecule is Cc1nc2c(nnn2[C@@H]2O[C@@H]3COP(O)(=S)OCCn4c(nc5cncnc54)COP(=O)(S)O[C@@H]2[C@@H]3F)c(=O)[nH]1. The van der Waals surface area contributed by atoms with E-state index in [1.54, 1.807) is 4.57 Å². The van der Waals surface area contributed by atoms with Crippen LogP contribution in [0.2, 0.25) is 0 Å². The Balaban J connectivity index is 1.38. The Morgan fingerprint density at radius 1 is 1.27 bits per heavy atom. The summed E-state index contributed by atoms with van der Waals surface area (Å²) in [4.78, 5) is 42.1. The molecule has 2 N–H and O–H groups in total. The lowest BCUT2D eigenvalue weighted by molar-refractivity contribution is -0.0520. The molecule has 0 saturated carbocycles. The largest absolute Gasteiger partial charge is 0.387 e. The summed E-state index contributed by atoms with van der Waals surface area (Å²) in [7, 11) is 0. The number of nitrogens with zero attached hydrogens (tertiary/aromatic N) is 8. The molecule has 1 fully saturated rings. The number of hydrogen-bond donors (Lipinski definition) is 3. The van der Waals surface area contributed by atoms with Gasteiger partial charge in [-0.2, -0.15) is 4.68 Å². The number of H-pyrrole nitrogens is 1. The van der Waals surface area contributed by atoms with Crippen molar-refractivity contribution in [2.45, 2.75) is 44.7 Å². The van der Waals surface area contributed by atoms with Crippen molar-refractivity contribution in [1.82, 2.24) is 44.5 Å². The first kappa shape index (κ1) is 27.9. The number of rotatable bonds is 1. The van der Waals surface area contributed by atoms with Gasteiger partial charge in [-0.1, -0.05) is 17.5 Å². The molecule has 0 amide bonds. The van der Waals surface area contributed by atoms with Crippen molar-refractivity contribution in [3.63, 3.8) is 0 Å². The fraction of sp³-hybridized carbons (Fsp3) is 0.500. The van der Waals surface area contributed by atoms with Gasteiger partial charge in [-0.05, 0) is 18.7 Å². The Morgan fingerprint density at radius 3 is 2.92 bits per heavy atom. The molecule has 2 unspecified atom stereocenters. The molecule has 40 heavy (non-hydrogen) atoms. The van der Waals surface area contributed by atoms with Gasteiger partial charge in [0.2, 0.25) is 0 Å². The van der Waals surface area contributed by atoms with Gasteiger partial charge in [0, 0.05) is 6.54 Å². The monoisotopic (exact) mass is 635 g/mol. The molecule has 0 aliphatic carbocycles. The van der Waals surface area contributed by atoms with Crippen LogP contribution in [0.15, 0.2) is 17.3 Å². The zero-order valence-electron chi connectivity index (χ0n) is 20.3. The number of imidazole rings is 1. The molecular formula is C18H20FN9O8P2S2. The predicted octanol–water partition coefficient (Wildman–Crippen LogP) is 1.10. The van der Waals surface area contributed by atoms with Crippen molar-refractivity contribution in [2.75, 3.05) is 13.2 Å². The summed E-state index contributed by atoms with van der Waals surface area (Å²) in [5.74, 6) is 0.477. The lowest BCUT2D eigenvalue weighted by atomic mass is 10.1. The molecule has 4 aromatic heterocycles. The second-order valence-corrected chi connectivity index (χ2v) is 14.4. The third kappa shape index (κ3) is 5.36. The third-order valence-electron chi connectivity index (χ3n) is 6.03. The number of aryl methyl sites for hydroxylation is 1. The van der Waals surface area contributed by atoms with Crippen LogP contribution in [0, 0.1) is 6.92 Å². The predicted molar refractivity (Wildman–Crippen MR) is 139 cm³/mol. The van der Waals surface area contributed by atoms with Crippen LogP contribution in [-0.2, 0) is 52.4 Å². The maximum atomic E-state index is 15.8. The maximum Gasteiger partial charge on any atom is 0.387 e. The lowest BCUT2D eigenvalue weighted by Crippen LogP contribution is -2.32. The number of nitrogens with one attached hydrogen (secondary N) is 1. The van der Waals surface area contributed by atoms with Gasteiger partial charge in [0.1, 0.15) is 42.3 Å². The molecule has 0 aromatic carbocycles. The number of halogens is 1. The van der Waals surface area contributed by atoms with E-state index >= 15 is 4.39 Å². The van der Waals surface area contributed by atoms with Crippen LogP contribution in [0.25, 0.3) is 22.3 Å². The molecule has 4 aromatic rings. The van der Waals surface area contributed by atoms with E-state index in [4.69, 9.17) is 34.6 Å². The fourth-order valence-corrected chi connectivity index (χ4v) is 6.80. The molecule has 0 radical (unpaired) electrons. The van der Waals surface area contributed by atoms with Gasteiger partial charge in [0.15, 0.2) is 29.2 Å². The summed E-state index contributed by atoms with van der Waals surface area (Å²) < 4.78 is 59.4. The van der Waals surface area contributed by atoms with Gasteiger partial charge in [0.25, 0.3) is 5.56 Å². The first-order chi connectivity index (χ1) is 19.0. The van der Waals surface area contributed by atoms with Gasteiger partial charge >= 0.3 is 13.5 Å². The molecule has 2 aliphatic heterocycles. The number of aromatic nitrogens is 9. The molecule has 2 bridgehead atoms. The molecule has 22 heteroatoms. The van der Waals surface area contributed by atoms with Gasteiger partial charge < -0.3 is 28.2 Å². The van der Waals surface area contributed by atoms with Crippen molar-refractivity contribution in [2.24, 2.45) is 0 Å². The first-order valence-corrected chi connectivity index (χ1v) is 16.8. The quantitative estimate of drug-likeness (QED) is 0.198. The van der Waals surface area contributed by atoms with E-state index in [-0.39, 0.29) is 42.6 Å². The van der Waals surface area contributed by atoms with Gasteiger partial charge in [0.05, 0.1) is 19.4 Å². The third-order valence-corrected chi connectivity index (χ3v) is 9.24. The minimum atomic E-state index is -4.30. The summed E-state index contributed by atoms with van der Waals surface area (Å²) in [5.41, 5.74) is 0.0590. The van der Waals surface area contributed by atoms with E-state index in [1.807, 2.05) is 0 Å². The highest BCUT2D eigenvalue weighted by Crippen LogP contribution is 2.57. The Hall–Kier alpha value is -2.25. The van der Waals surface area contributed by atoms with Crippen molar-refractivity contribution in [1.29, 1.82) is 0 Å². The molecule has 214 valence electrons. The zero-order chi connectivity index (χ0) is 28.2. The summed E-state index contributed by atoms with van der Waals surface area (Å²) in [6.45, 7) is -7.60. The smallest absolute Gasteiger partial charge is 0.345 e. The number of hydrogen-bond acceptors (Lipinski definition) is 14. The summed E-state index contributed by atoms with van der Waals surface area (Å²) in [6, 6.07) is 0. The second-order valence-electron chi connectivity index (χ2n) is 8.69. The average molecular weight is 635 g/mol. The van der Waals surface area contributed by atoms with Gasteiger partial charge in [-0.25, -0.2) is 28.9 Å². The highest BCUT2D eigenvalue weighted by Gasteiger charge is 2.51. The van der Waals surface area contributed by atoms with Crippen LogP contribution in [0.3, 0.4) is 0 Å². The maximum absolute atomic E-state index is 15.8. The van der Waals surface area contributed by atoms with Crippen LogP contribution >= 0.6 is 25.8 Å². The summed E-state index contributed by atoms with van der Waals surface area (Å²) in [6.07, 6.45) is -3.74. The molecular weight excluding hydrogens is 615 g/mol. The molecule has 6 atom stereocenters. The van der Waals surface area contributed by atoms with Gasteiger partial charge in [-0.3, -0.25) is 13.8 Å². The molecule has 6 heterocycles. The number of alkyl halides is 1. The Labute approximate surface area is 233 Å². The van der Waals surface area contributed by atoms with E-state index in [0.29, 0.717) is 11.2 Å². The first-order valence-electron chi connectivity index (χ1n) is 11.6. The molecule has 2 aliphatic rings. The van der Waals surface area contributed by atoms with E-state index in [2.05, 4.69) is 47.5 Å².